The van der Waals surface area contributed by atoms with Crippen LogP contribution in [0, 0.1) is 0 Å². The fraction of sp³-hybridized carbons (Fsp3) is 0.381. The van der Waals surface area contributed by atoms with Crippen LogP contribution >= 0.6 is 0 Å². The lowest BCUT2D eigenvalue weighted by molar-refractivity contribution is -0.121. The van der Waals surface area contributed by atoms with Crippen LogP contribution in [0.2, 0.25) is 0 Å². The summed E-state index contributed by atoms with van der Waals surface area (Å²) in [6.45, 7) is 1.16. The van der Waals surface area contributed by atoms with E-state index < -0.39 is 0 Å². The lowest BCUT2D eigenvalue weighted by atomic mass is 9.87. The molecule has 0 saturated carbocycles. The Bertz CT molecular complexity index is 800. The first-order valence-corrected chi connectivity index (χ1v) is 9.07. The van der Waals surface area contributed by atoms with E-state index in [2.05, 4.69) is 11.4 Å². The molecular formula is C21H23NO4. The van der Waals surface area contributed by atoms with E-state index in [-0.39, 0.29) is 11.9 Å². The molecular weight excluding hydrogens is 330 g/mol. The summed E-state index contributed by atoms with van der Waals surface area (Å²) in [7, 11) is 1.63. The first-order chi connectivity index (χ1) is 12.7. The SMILES string of the molecule is COc1ccc(CC(=O)NC2CCCc3cc4c(cc32)OCCO4)cc1. The smallest absolute Gasteiger partial charge is 0.224 e. The molecule has 0 bridgehead atoms. The van der Waals surface area contributed by atoms with Crippen LogP contribution in [0.3, 0.4) is 0 Å². The van der Waals surface area contributed by atoms with Gasteiger partial charge in [0.15, 0.2) is 11.5 Å². The largest absolute Gasteiger partial charge is 0.497 e. The van der Waals surface area contributed by atoms with Crippen molar-refractivity contribution >= 4 is 5.91 Å². The Morgan fingerprint density at radius 2 is 1.88 bits per heavy atom. The highest BCUT2D eigenvalue weighted by Crippen LogP contribution is 2.39. The van der Waals surface area contributed by atoms with Gasteiger partial charge in [0.25, 0.3) is 0 Å². The van der Waals surface area contributed by atoms with Crippen molar-refractivity contribution in [2.24, 2.45) is 0 Å². The molecule has 5 heteroatoms. The number of methoxy groups -OCH3 is 1. The Hall–Kier alpha value is -2.69. The van der Waals surface area contributed by atoms with Crippen molar-refractivity contribution in [3.63, 3.8) is 0 Å². The molecule has 0 spiro atoms. The second-order valence-electron chi connectivity index (χ2n) is 6.73. The van der Waals surface area contributed by atoms with Gasteiger partial charge in [0.05, 0.1) is 19.6 Å². The summed E-state index contributed by atoms with van der Waals surface area (Å²) in [6.07, 6.45) is 3.37. The fourth-order valence-corrected chi connectivity index (χ4v) is 3.66. The molecule has 0 saturated heterocycles. The zero-order chi connectivity index (χ0) is 17.9. The van der Waals surface area contributed by atoms with Crippen molar-refractivity contribution in [1.82, 2.24) is 5.32 Å². The molecule has 1 aliphatic carbocycles. The van der Waals surface area contributed by atoms with Gasteiger partial charge in [-0.05, 0) is 60.2 Å². The van der Waals surface area contributed by atoms with Crippen LogP contribution < -0.4 is 19.5 Å². The third kappa shape index (κ3) is 3.47. The second-order valence-corrected chi connectivity index (χ2v) is 6.73. The quantitative estimate of drug-likeness (QED) is 0.917. The molecule has 0 radical (unpaired) electrons. The molecule has 1 atom stereocenters. The average Bonchev–Trinajstić information content (AvgIpc) is 2.67. The molecule has 1 heterocycles. The lowest BCUT2D eigenvalue weighted by Crippen LogP contribution is -2.32. The fourth-order valence-electron chi connectivity index (χ4n) is 3.66. The number of amides is 1. The molecule has 0 aromatic heterocycles. The number of rotatable bonds is 4. The number of hydrogen-bond acceptors (Lipinski definition) is 4. The zero-order valence-electron chi connectivity index (χ0n) is 14.9. The van der Waals surface area contributed by atoms with Crippen molar-refractivity contribution < 1.29 is 19.0 Å². The number of nitrogens with one attached hydrogen (secondary N) is 1. The van der Waals surface area contributed by atoms with Crippen LogP contribution in [0.5, 0.6) is 17.2 Å². The van der Waals surface area contributed by atoms with Crippen molar-refractivity contribution in [2.75, 3.05) is 20.3 Å². The zero-order valence-corrected chi connectivity index (χ0v) is 14.9. The number of carbonyl (C=O) groups is 1. The minimum Gasteiger partial charge on any atom is -0.497 e. The highest BCUT2D eigenvalue weighted by molar-refractivity contribution is 5.79. The number of benzene rings is 2. The van der Waals surface area contributed by atoms with Crippen LogP contribution in [0.15, 0.2) is 36.4 Å². The van der Waals surface area contributed by atoms with Crippen LogP contribution in [0.1, 0.15) is 35.6 Å². The number of aryl methyl sites for hydroxylation is 1. The monoisotopic (exact) mass is 353 g/mol. The minimum absolute atomic E-state index is 0.0281. The molecule has 0 fully saturated rings. The maximum absolute atomic E-state index is 12.5. The van der Waals surface area contributed by atoms with Gasteiger partial charge >= 0.3 is 0 Å². The molecule has 1 amide bonds. The second kappa shape index (κ2) is 7.28. The van der Waals surface area contributed by atoms with Crippen LogP contribution in [-0.4, -0.2) is 26.2 Å². The van der Waals surface area contributed by atoms with Gasteiger partial charge in [0, 0.05) is 0 Å². The van der Waals surface area contributed by atoms with Gasteiger partial charge in [-0.2, -0.15) is 0 Å². The van der Waals surface area contributed by atoms with Gasteiger partial charge in [0.2, 0.25) is 5.91 Å². The van der Waals surface area contributed by atoms with Crippen molar-refractivity contribution in [1.29, 1.82) is 0 Å². The topological polar surface area (TPSA) is 56.8 Å². The third-order valence-electron chi connectivity index (χ3n) is 4.98. The molecule has 1 aliphatic heterocycles. The van der Waals surface area contributed by atoms with E-state index in [9.17, 15) is 4.79 Å². The Kier molecular flexibility index (Phi) is 4.69. The molecule has 1 N–H and O–H groups in total. The summed E-state index contributed by atoms with van der Waals surface area (Å²) in [6, 6.07) is 11.8. The molecule has 26 heavy (non-hydrogen) atoms. The van der Waals surface area contributed by atoms with Crippen molar-refractivity contribution in [2.45, 2.75) is 31.7 Å². The van der Waals surface area contributed by atoms with Gasteiger partial charge in [-0.3, -0.25) is 4.79 Å². The summed E-state index contributed by atoms with van der Waals surface area (Å²) in [5.41, 5.74) is 3.38. The Labute approximate surface area is 153 Å². The molecule has 1 unspecified atom stereocenters. The Morgan fingerprint density at radius 3 is 2.62 bits per heavy atom. The molecule has 2 aliphatic rings. The summed E-state index contributed by atoms with van der Waals surface area (Å²) in [5, 5.41) is 3.19. The van der Waals surface area contributed by atoms with Gasteiger partial charge in [0.1, 0.15) is 19.0 Å². The maximum atomic E-state index is 12.5. The van der Waals surface area contributed by atoms with Gasteiger partial charge in [-0.1, -0.05) is 12.1 Å². The molecule has 5 nitrogen and oxygen atoms in total. The predicted octanol–water partition coefficient (Wildman–Crippen LogP) is 3.20. The predicted molar refractivity (Wildman–Crippen MR) is 98.0 cm³/mol. The van der Waals surface area contributed by atoms with E-state index in [1.165, 1.54) is 5.56 Å². The summed E-state index contributed by atoms with van der Waals surface area (Å²) >= 11 is 0. The van der Waals surface area contributed by atoms with Crippen LogP contribution in [-0.2, 0) is 17.6 Å². The van der Waals surface area contributed by atoms with Gasteiger partial charge in [-0.15, -0.1) is 0 Å². The number of hydrogen-bond donors (Lipinski definition) is 1. The highest BCUT2D eigenvalue weighted by Gasteiger charge is 2.25. The van der Waals surface area contributed by atoms with E-state index in [1.807, 2.05) is 30.3 Å². The van der Waals surface area contributed by atoms with E-state index >= 15 is 0 Å². The van der Waals surface area contributed by atoms with Gasteiger partial charge in [-0.25, -0.2) is 0 Å². The number of fused-ring (bicyclic) bond motifs is 2. The standard InChI is InChI=1S/C21H23NO4/c1-24-16-7-5-14(6-8-16)11-21(23)22-18-4-2-3-15-12-19-20(13-17(15)18)26-10-9-25-19/h5-8,12-13,18H,2-4,9-11H2,1H3,(H,22,23). The first kappa shape index (κ1) is 16.8. The van der Waals surface area contributed by atoms with Crippen molar-refractivity contribution in [3.05, 3.63) is 53.1 Å². The first-order valence-electron chi connectivity index (χ1n) is 9.07. The van der Waals surface area contributed by atoms with E-state index in [1.54, 1.807) is 7.11 Å². The summed E-state index contributed by atoms with van der Waals surface area (Å²) in [5.74, 6) is 2.43. The van der Waals surface area contributed by atoms with Gasteiger partial charge < -0.3 is 19.5 Å². The van der Waals surface area contributed by atoms with Crippen LogP contribution in [0.25, 0.3) is 0 Å². The normalized spacial score (nSPS) is 18.0. The minimum atomic E-state index is 0.0281. The van der Waals surface area contributed by atoms with E-state index in [0.717, 1.165) is 47.6 Å². The molecule has 136 valence electrons. The molecule has 4 rings (SSSR count). The van der Waals surface area contributed by atoms with Crippen molar-refractivity contribution in [3.8, 4) is 17.2 Å². The third-order valence-corrected chi connectivity index (χ3v) is 4.98. The molecule has 2 aromatic rings. The Balaban J connectivity index is 1.47. The average molecular weight is 353 g/mol. The molecule has 2 aromatic carbocycles. The summed E-state index contributed by atoms with van der Waals surface area (Å²) in [4.78, 5) is 12.5. The highest BCUT2D eigenvalue weighted by atomic mass is 16.6. The number of carbonyl (C=O) groups excluding carboxylic acids is 1. The van der Waals surface area contributed by atoms with E-state index in [0.29, 0.717) is 19.6 Å². The summed E-state index contributed by atoms with van der Waals surface area (Å²) < 4.78 is 16.5. The Morgan fingerprint density at radius 1 is 1.15 bits per heavy atom. The lowest BCUT2D eigenvalue weighted by Gasteiger charge is -2.29. The van der Waals surface area contributed by atoms with Crippen LogP contribution in [0.4, 0.5) is 0 Å². The number of ether oxygens (including phenoxy) is 3. The van der Waals surface area contributed by atoms with E-state index in [4.69, 9.17) is 14.2 Å². The maximum Gasteiger partial charge on any atom is 0.224 e.